The molecule has 0 radical (unpaired) electrons. The van der Waals surface area contributed by atoms with Gasteiger partial charge in [0.1, 0.15) is 28.6 Å². The Bertz CT molecular complexity index is 497. The van der Waals surface area contributed by atoms with Gasteiger partial charge in [-0.25, -0.2) is 23.1 Å². The standard InChI is InChI=1S/C10H9BrF3N3O/c11-6-2-1-5(12)8(16-6)10(9(13)14)4-18-3-7(15)17-10/h1-2,9H,3-4H2,(H2,15,17)/t10-/m0/s1. The SMILES string of the molecule is NC1=N[C@@](c2nc(Br)ccc2F)(C(F)F)COC1. The molecule has 0 unspecified atom stereocenters. The van der Waals surface area contributed by atoms with Gasteiger partial charge in [-0.1, -0.05) is 0 Å². The third-order valence-electron chi connectivity index (χ3n) is 2.50. The third-order valence-corrected chi connectivity index (χ3v) is 2.94. The van der Waals surface area contributed by atoms with Crippen LogP contribution in [0.3, 0.4) is 0 Å². The predicted octanol–water partition coefficient (Wildman–Crippen LogP) is 1.83. The van der Waals surface area contributed by atoms with Crippen LogP contribution in [0.4, 0.5) is 13.2 Å². The molecular weight excluding hydrogens is 315 g/mol. The number of hydrogen-bond acceptors (Lipinski definition) is 4. The van der Waals surface area contributed by atoms with Crippen molar-refractivity contribution >= 4 is 21.8 Å². The number of aliphatic imine (C=N–C) groups is 1. The van der Waals surface area contributed by atoms with Gasteiger partial charge < -0.3 is 10.5 Å². The van der Waals surface area contributed by atoms with Crippen LogP contribution in [0, 0.1) is 5.82 Å². The molecule has 8 heteroatoms. The molecule has 1 aliphatic rings. The Balaban J connectivity index is 2.61. The lowest BCUT2D eigenvalue weighted by Crippen LogP contribution is -2.46. The Morgan fingerprint density at radius 2 is 2.17 bits per heavy atom. The van der Waals surface area contributed by atoms with Crippen molar-refractivity contribution < 1.29 is 17.9 Å². The van der Waals surface area contributed by atoms with E-state index in [0.29, 0.717) is 0 Å². The van der Waals surface area contributed by atoms with Crippen molar-refractivity contribution in [3.8, 4) is 0 Å². The molecule has 0 saturated heterocycles. The summed E-state index contributed by atoms with van der Waals surface area (Å²) in [6, 6.07) is 2.35. The highest BCUT2D eigenvalue weighted by molar-refractivity contribution is 9.10. The Labute approximate surface area is 109 Å². The number of pyridine rings is 1. The summed E-state index contributed by atoms with van der Waals surface area (Å²) in [7, 11) is 0. The van der Waals surface area contributed by atoms with Crippen LogP contribution in [0.15, 0.2) is 21.7 Å². The van der Waals surface area contributed by atoms with Crippen LogP contribution >= 0.6 is 15.9 Å². The monoisotopic (exact) mass is 323 g/mol. The summed E-state index contributed by atoms with van der Waals surface area (Å²) in [6.45, 7) is -0.518. The predicted molar refractivity (Wildman–Crippen MR) is 62.0 cm³/mol. The second kappa shape index (κ2) is 4.85. The van der Waals surface area contributed by atoms with Crippen LogP contribution in [0.5, 0.6) is 0 Å². The topological polar surface area (TPSA) is 60.5 Å². The van der Waals surface area contributed by atoms with E-state index in [1.807, 2.05) is 0 Å². The lowest BCUT2D eigenvalue weighted by atomic mass is 9.95. The Kier molecular flexibility index (Phi) is 3.58. The fourth-order valence-electron chi connectivity index (χ4n) is 1.69. The van der Waals surface area contributed by atoms with E-state index in [4.69, 9.17) is 10.5 Å². The van der Waals surface area contributed by atoms with Crippen LogP contribution in [-0.2, 0) is 10.3 Å². The van der Waals surface area contributed by atoms with Crippen molar-refractivity contribution in [3.63, 3.8) is 0 Å². The molecule has 2 heterocycles. The van der Waals surface area contributed by atoms with Gasteiger partial charge in [0.15, 0.2) is 5.54 Å². The molecule has 0 aromatic carbocycles. The first-order valence-corrected chi connectivity index (χ1v) is 5.77. The first-order valence-electron chi connectivity index (χ1n) is 4.98. The number of aromatic nitrogens is 1. The zero-order valence-electron chi connectivity index (χ0n) is 9.04. The fraction of sp³-hybridized carbons (Fsp3) is 0.400. The third kappa shape index (κ3) is 2.22. The molecule has 0 aliphatic carbocycles. The van der Waals surface area contributed by atoms with Gasteiger partial charge in [-0.15, -0.1) is 0 Å². The maximum Gasteiger partial charge on any atom is 0.271 e. The number of rotatable bonds is 2. The van der Waals surface area contributed by atoms with E-state index < -0.39 is 30.1 Å². The second-order valence-electron chi connectivity index (χ2n) is 3.79. The summed E-state index contributed by atoms with van der Waals surface area (Å²) < 4.78 is 45.5. The van der Waals surface area contributed by atoms with E-state index >= 15 is 0 Å². The summed E-state index contributed by atoms with van der Waals surface area (Å²) in [4.78, 5) is 7.42. The molecule has 2 rings (SSSR count). The molecule has 4 nitrogen and oxygen atoms in total. The summed E-state index contributed by atoms with van der Waals surface area (Å²) in [5.74, 6) is -0.983. The first-order chi connectivity index (χ1) is 8.45. The molecule has 1 aromatic heterocycles. The van der Waals surface area contributed by atoms with Crippen LogP contribution < -0.4 is 5.73 Å². The molecular formula is C10H9BrF3N3O. The van der Waals surface area contributed by atoms with E-state index in [2.05, 4.69) is 25.9 Å². The van der Waals surface area contributed by atoms with Crippen molar-refractivity contribution in [2.75, 3.05) is 13.2 Å². The lowest BCUT2D eigenvalue weighted by molar-refractivity contribution is -0.0169. The molecule has 0 saturated carbocycles. The first kappa shape index (κ1) is 13.3. The average Bonchev–Trinajstić information content (AvgIpc) is 2.32. The van der Waals surface area contributed by atoms with E-state index in [1.165, 1.54) is 6.07 Å². The average molecular weight is 324 g/mol. The van der Waals surface area contributed by atoms with Crippen molar-refractivity contribution in [1.29, 1.82) is 0 Å². The van der Waals surface area contributed by atoms with Gasteiger partial charge in [-0.05, 0) is 28.1 Å². The summed E-state index contributed by atoms with van der Waals surface area (Å²) in [5.41, 5.74) is 2.74. The van der Waals surface area contributed by atoms with Gasteiger partial charge in [0.25, 0.3) is 6.43 Å². The number of alkyl halides is 2. The van der Waals surface area contributed by atoms with Crippen molar-refractivity contribution in [3.05, 3.63) is 28.2 Å². The summed E-state index contributed by atoms with van der Waals surface area (Å²) in [5, 5.41) is 0. The number of halogens is 4. The van der Waals surface area contributed by atoms with Crippen LogP contribution in [0.1, 0.15) is 5.69 Å². The molecule has 98 valence electrons. The fourth-order valence-corrected chi connectivity index (χ4v) is 2.00. The quantitative estimate of drug-likeness (QED) is 0.845. The Morgan fingerprint density at radius 3 is 2.78 bits per heavy atom. The highest BCUT2D eigenvalue weighted by Gasteiger charge is 2.47. The highest BCUT2D eigenvalue weighted by Crippen LogP contribution is 2.36. The number of ether oxygens (including phenoxy) is 1. The van der Waals surface area contributed by atoms with Gasteiger partial charge in [0.2, 0.25) is 0 Å². The van der Waals surface area contributed by atoms with E-state index in [-0.39, 0.29) is 17.0 Å². The minimum Gasteiger partial charge on any atom is -0.385 e. The number of nitrogens with zero attached hydrogens (tertiary/aromatic N) is 2. The zero-order valence-corrected chi connectivity index (χ0v) is 10.6. The molecule has 0 spiro atoms. The Hall–Kier alpha value is -1.15. The largest absolute Gasteiger partial charge is 0.385 e. The lowest BCUT2D eigenvalue weighted by Gasteiger charge is -2.32. The van der Waals surface area contributed by atoms with Crippen molar-refractivity contribution in [2.24, 2.45) is 10.7 Å². The number of nitrogens with two attached hydrogens (primary N) is 1. The minimum absolute atomic E-state index is 0.0515. The number of amidine groups is 1. The van der Waals surface area contributed by atoms with E-state index in [1.54, 1.807) is 0 Å². The maximum absolute atomic E-state index is 13.7. The van der Waals surface area contributed by atoms with Crippen LogP contribution in [0.2, 0.25) is 0 Å². The number of hydrogen-bond donors (Lipinski definition) is 1. The molecule has 0 amide bonds. The highest BCUT2D eigenvalue weighted by atomic mass is 79.9. The molecule has 1 aromatic rings. The molecule has 2 N–H and O–H groups in total. The normalized spacial score (nSPS) is 24.2. The maximum atomic E-state index is 13.7. The van der Waals surface area contributed by atoms with Gasteiger partial charge >= 0.3 is 0 Å². The zero-order chi connectivity index (χ0) is 13.3. The van der Waals surface area contributed by atoms with Gasteiger partial charge in [0.05, 0.1) is 6.61 Å². The van der Waals surface area contributed by atoms with Crippen LogP contribution in [0.25, 0.3) is 0 Å². The molecule has 1 atom stereocenters. The van der Waals surface area contributed by atoms with Gasteiger partial charge in [-0.3, -0.25) is 0 Å². The smallest absolute Gasteiger partial charge is 0.271 e. The molecule has 18 heavy (non-hydrogen) atoms. The van der Waals surface area contributed by atoms with Crippen molar-refractivity contribution in [1.82, 2.24) is 4.98 Å². The van der Waals surface area contributed by atoms with Crippen molar-refractivity contribution in [2.45, 2.75) is 12.0 Å². The molecule has 0 fully saturated rings. The van der Waals surface area contributed by atoms with Crippen LogP contribution in [-0.4, -0.2) is 30.5 Å². The minimum atomic E-state index is -2.98. The molecule has 1 aliphatic heterocycles. The summed E-state index contributed by atoms with van der Waals surface area (Å²) in [6.07, 6.45) is -2.98. The molecule has 0 bridgehead atoms. The van der Waals surface area contributed by atoms with E-state index in [0.717, 1.165) is 6.07 Å². The second-order valence-corrected chi connectivity index (χ2v) is 4.60. The van der Waals surface area contributed by atoms with E-state index in [9.17, 15) is 13.2 Å². The van der Waals surface area contributed by atoms with Gasteiger partial charge in [-0.2, -0.15) is 0 Å². The summed E-state index contributed by atoms with van der Waals surface area (Å²) >= 11 is 3.01. The van der Waals surface area contributed by atoms with Gasteiger partial charge in [0, 0.05) is 0 Å². The Morgan fingerprint density at radius 1 is 1.44 bits per heavy atom.